The van der Waals surface area contributed by atoms with Crippen LogP contribution in [0.4, 0.5) is 0 Å². The number of hydrogen-bond acceptors (Lipinski definition) is 5. The molecule has 0 aromatic carbocycles. The average molecular weight is 324 g/mol. The van der Waals surface area contributed by atoms with E-state index < -0.39 is 5.41 Å². The van der Waals surface area contributed by atoms with Crippen molar-refractivity contribution in [2.75, 3.05) is 13.1 Å². The van der Waals surface area contributed by atoms with Crippen molar-refractivity contribution >= 4 is 11.7 Å². The molecule has 0 atom stereocenters. The van der Waals surface area contributed by atoms with Crippen LogP contribution in [0.5, 0.6) is 0 Å². The lowest BCUT2D eigenvalue weighted by molar-refractivity contribution is -0.127. The molecule has 24 heavy (non-hydrogen) atoms. The van der Waals surface area contributed by atoms with E-state index in [0.29, 0.717) is 31.0 Å². The Morgan fingerprint density at radius 3 is 2.54 bits per heavy atom. The summed E-state index contributed by atoms with van der Waals surface area (Å²) in [6, 6.07) is 3.70. The quantitative estimate of drug-likeness (QED) is 0.788. The molecule has 1 amide bonds. The van der Waals surface area contributed by atoms with Crippen molar-refractivity contribution in [3.05, 3.63) is 34.9 Å². The van der Waals surface area contributed by atoms with Crippen molar-refractivity contribution in [2.45, 2.75) is 34.1 Å². The van der Waals surface area contributed by atoms with Crippen molar-refractivity contribution < 1.29 is 9.59 Å². The number of aromatic nitrogens is 2. The van der Waals surface area contributed by atoms with Crippen molar-refractivity contribution in [2.24, 2.45) is 10.8 Å². The van der Waals surface area contributed by atoms with Crippen molar-refractivity contribution in [1.82, 2.24) is 14.9 Å². The van der Waals surface area contributed by atoms with Crippen LogP contribution in [0.3, 0.4) is 0 Å². The van der Waals surface area contributed by atoms with E-state index in [2.05, 4.69) is 9.97 Å². The summed E-state index contributed by atoms with van der Waals surface area (Å²) in [4.78, 5) is 35.0. The molecule has 0 radical (unpaired) electrons. The second-order valence-corrected chi connectivity index (χ2v) is 7.52. The number of ketones is 1. The van der Waals surface area contributed by atoms with Crippen LogP contribution in [0.2, 0.25) is 0 Å². The molecule has 0 unspecified atom stereocenters. The Morgan fingerprint density at radius 1 is 1.29 bits per heavy atom. The smallest absolute Gasteiger partial charge is 0.272 e. The summed E-state index contributed by atoms with van der Waals surface area (Å²) in [5.74, 6) is 0.336. The minimum absolute atomic E-state index is 0.109. The lowest BCUT2D eigenvalue weighted by atomic mass is 9.61. The van der Waals surface area contributed by atoms with Crippen LogP contribution in [0.1, 0.15) is 42.3 Å². The molecule has 0 saturated carbocycles. The first-order valence-electron chi connectivity index (χ1n) is 7.95. The molecule has 6 nitrogen and oxygen atoms in total. The lowest BCUT2D eigenvalue weighted by Gasteiger charge is -2.53. The number of Topliss-reactive ketones (excluding diaryl/α,β-unsaturated/α-hetero) is 1. The number of carbonyl (C=O) groups is 2. The molecule has 1 aliphatic carbocycles. The zero-order valence-electron chi connectivity index (χ0n) is 14.4. The zero-order chi connectivity index (χ0) is 17.7. The third kappa shape index (κ3) is 2.60. The molecule has 124 valence electrons. The fourth-order valence-electron chi connectivity index (χ4n) is 3.88. The van der Waals surface area contributed by atoms with Crippen LogP contribution >= 0.6 is 0 Å². The van der Waals surface area contributed by atoms with Crippen molar-refractivity contribution in [3.63, 3.8) is 0 Å². The van der Waals surface area contributed by atoms with Gasteiger partial charge in [-0.2, -0.15) is 5.26 Å². The Morgan fingerprint density at radius 2 is 1.96 bits per heavy atom. The Bertz CT molecular complexity index is 791. The largest absolute Gasteiger partial charge is 0.335 e. The van der Waals surface area contributed by atoms with Crippen LogP contribution in [0.15, 0.2) is 17.7 Å². The van der Waals surface area contributed by atoms with Gasteiger partial charge in [0.1, 0.15) is 17.6 Å². The van der Waals surface area contributed by atoms with Gasteiger partial charge in [0.25, 0.3) is 5.91 Å². The molecule has 2 aliphatic rings. The molecular weight excluding hydrogens is 304 g/mol. The maximum atomic E-state index is 12.6. The third-order valence-electron chi connectivity index (χ3n) is 4.71. The third-order valence-corrected chi connectivity index (χ3v) is 4.71. The van der Waals surface area contributed by atoms with Gasteiger partial charge in [0.15, 0.2) is 5.78 Å². The first-order valence-corrected chi connectivity index (χ1v) is 7.95. The van der Waals surface area contributed by atoms with Gasteiger partial charge in [-0.1, -0.05) is 19.9 Å². The predicted molar refractivity (Wildman–Crippen MR) is 86.9 cm³/mol. The van der Waals surface area contributed by atoms with Gasteiger partial charge < -0.3 is 4.90 Å². The monoisotopic (exact) mass is 324 g/mol. The summed E-state index contributed by atoms with van der Waals surface area (Å²) in [5.41, 5.74) is 0.515. The number of nitriles is 1. The minimum Gasteiger partial charge on any atom is -0.335 e. The number of aryl methyl sites for hydroxylation is 2. The topological polar surface area (TPSA) is 87.0 Å². The number of likely N-dealkylation sites (tertiary alicyclic amines) is 1. The molecular formula is C18H20N4O2. The highest BCUT2D eigenvalue weighted by Crippen LogP contribution is 2.48. The Kier molecular flexibility index (Phi) is 3.56. The number of amides is 1. The van der Waals surface area contributed by atoms with E-state index in [-0.39, 0.29) is 22.7 Å². The molecule has 6 heteroatoms. The standard InChI is InChI=1S/C18H20N4O2/c1-11-5-14(21-12(2)20-11)16(24)22-9-18(10-22)6-13(7-19)15(23)17(3,4)8-18/h5-6H,8-10H2,1-4H3. The second-order valence-electron chi connectivity index (χ2n) is 7.52. The first-order chi connectivity index (χ1) is 11.2. The Hall–Kier alpha value is -2.55. The molecule has 1 saturated heterocycles. The Labute approximate surface area is 141 Å². The van der Waals surface area contributed by atoms with E-state index in [1.54, 1.807) is 24.0 Å². The van der Waals surface area contributed by atoms with Crippen LogP contribution in [-0.2, 0) is 4.79 Å². The van der Waals surface area contributed by atoms with Gasteiger partial charge in [-0.3, -0.25) is 9.59 Å². The van der Waals surface area contributed by atoms with Crippen molar-refractivity contribution in [1.29, 1.82) is 5.26 Å². The maximum Gasteiger partial charge on any atom is 0.272 e. The number of rotatable bonds is 1. The molecule has 1 aromatic rings. The van der Waals surface area contributed by atoms with Crippen LogP contribution in [0.25, 0.3) is 0 Å². The van der Waals surface area contributed by atoms with Gasteiger partial charge in [0.2, 0.25) is 0 Å². The molecule has 2 heterocycles. The van der Waals surface area contributed by atoms with Gasteiger partial charge in [-0.25, -0.2) is 9.97 Å². The summed E-state index contributed by atoms with van der Waals surface area (Å²) in [5, 5.41) is 9.22. The highest BCUT2D eigenvalue weighted by molar-refractivity contribution is 6.04. The fourth-order valence-corrected chi connectivity index (χ4v) is 3.88. The van der Waals surface area contributed by atoms with Gasteiger partial charge in [-0.15, -0.1) is 0 Å². The van der Waals surface area contributed by atoms with Gasteiger partial charge in [-0.05, 0) is 26.3 Å². The summed E-state index contributed by atoms with van der Waals surface area (Å²) < 4.78 is 0. The van der Waals surface area contributed by atoms with Gasteiger partial charge in [0.05, 0.1) is 5.57 Å². The fraction of sp³-hybridized carbons (Fsp3) is 0.500. The number of nitrogens with zero attached hydrogens (tertiary/aromatic N) is 4. The molecule has 1 fully saturated rings. The van der Waals surface area contributed by atoms with Crippen LogP contribution < -0.4 is 0 Å². The summed E-state index contributed by atoms with van der Waals surface area (Å²) in [6.07, 6.45) is 2.41. The molecule has 1 aromatic heterocycles. The van der Waals surface area contributed by atoms with E-state index in [0.717, 1.165) is 5.69 Å². The summed E-state index contributed by atoms with van der Waals surface area (Å²) >= 11 is 0. The SMILES string of the molecule is Cc1cc(C(=O)N2CC3(C=C(C#N)C(=O)C(C)(C)C3)C2)nc(C)n1. The van der Waals surface area contributed by atoms with E-state index in [1.807, 2.05) is 26.8 Å². The first kappa shape index (κ1) is 16.3. The summed E-state index contributed by atoms with van der Waals surface area (Å²) in [6.45, 7) is 8.34. The minimum atomic E-state index is -0.572. The zero-order valence-corrected chi connectivity index (χ0v) is 14.4. The summed E-state index contributed by atoms with van der Waals surface area (Å²) in [7, 11) is 0. The Balaban J connectivity index is 1.82. The van der Waals surface area contributed by atoms with Gasteiger partial charge >= 0.3 is 0 Å². The molecule has 1 aliphatic heterocycles. The van der Waals surface area contributed by atoms with Crippen LogP contribution in [0, 0.1) is 36.0 Å². The van der Waals surface area contributed by atoms with E-state index in [1.165, 1.54) is 0 Å². The molecule has 0 bridgehead atoms. The van der Waals surface area contributed by atoms with Crippen molar-refractivity contribution in [3.8, 4) is 6.07 Å². The number of carbonyl (C=O) groups excluding carboxylic acids is 2. The maximum absolute atomic E-state index is 12.6. The van der Waals surface area contributed by atoms with E-state index in [4.69, 9.17) is 0 Å². The van der Waals surface area contributed by atoms with Gasteiger partial charge in [0, 0.05) is 29.6 Å². The normalized spacial score (nSPS) is 21.0. The second kappa shape index (κ2) is 5.23. The van der Waals surface area contributed by atoms with E-state index >= 15 is 0 Å². The number of allylic oxidation sites excluding steroid dienone is 1. The van der Waals surface area contributed by atoms with E-state index in [9.17, 15) is 14.9 Å². The van der Waals surface area contributed by atoms with Crippen LogP contribution in [-0.4, -0.2) is 39.6 Å². The lowest BCUT2D eigenvalue weighted by Crippen LogP contribution is -2.61. The highest BCUT2D eigenvalue weighted by Gasteiger charge is 2.52. The number of hydrogen-bond donors (Lipinski definition) is 0. The highest BCUT2D eigenvalue weighted by atomic mass is 16.2. The predicted octanol–water partition coefficient (Wildman–Crippen LogP) is 1.98. The molecule has 0 N–H and O–H groups in total. The molecule has 1 spiro atoms. The average Bonchev–Trinajstić information content (AvgIpc) is 2.45. The molecule has 3 rings (SSSR count).